The van der Waals surface area contributed by atoms with Crippen LogP contribution in [0.1, 0.15) is 66.4 Å². The van der Waals surface area contributed by atoms with Gasteiger partial charge in [0.05, 0.1) is 25.2 Å². The van der Waals surface area contributed by atoms with Crippen molar-refractivity contribution < 1.29 is 34.0 Å². The molecule has 0 unspecified atom stereocenters. The van der Waals surface area contributed by atoms with Crippen LogP contribution in [-0.2, 0) is 20.7 Å². The van der Waals surface area contributed by atoms with Crippen molar-refractivity contribution in [2.24, 2.45) is 34.8 Å². The molecular formula is C30H53ClN2O7. The van der Waals surface area contributed by atoms with E-state index in [0.717, 1.165) is 18.4 Å². The molecule has 0 radical (unpaired) electrons. The third-order valence-electron chi connectivity index (χ3n) is 7.41. The SMILES string of the molecule is COCCCOc1cc(C[C@@H](C[C@H](N)[C@@H](O)C[C@H](C(=O)NCC(C)(C)C(=O)O)C(C)C)C(C)C)ccc1OC.Cl. The number of carboxylic acids is 1. The van der Waals surface area contributed by atoms with Gasteiger partial charge in [0.25, 0.3) is 0 Å². The highest BCUT2D eigenvalue weighted by molar-refractivity contribution is 5.85. The van der Waals surface area contributed by atoms with E-state index >= 15 is 0 Å². The molecule has 0 heterocycles. The number of carbonyl (C=O) groups is 2. The highest BCUT2D eigenvalue weighted by Gasteiger charge is 2.32. The summed E-state index contributed by atoms with van der Waals surface area (Å²) in [5.41, 5.74) is 6.51. The molecule has 0 saturated carbocycles. The van der Waals surface area contributed by atoms with E-state index < -0.39 is 29.4 Å². The number of aliphatic carboxylic acids is 1. The second-order valence-electron chi connectivity index (χ2n) is 11.8. The number of halogens is 1. The van der Waals surface area contributed by atoms with Crippen molar-refractivity contribution in [3.8, 4) is 11.5 Å². The fourth-order valence-electron chi connectivity index (χ4n) is 4.38. The first-order valence-corrected chi connectivity index (χ1v) is 14.0. The molecule has 1 aromatic carbocycles. The first-order valence-electron chi connectivity index (χ1n) is 14.0. The lowest BCUT2D eigenvalue weighted by molar-refractivity contribution is -0.147. The van der Waals surface area contributed by atoms with Gasteiger partial charge in [-0.3, -0.25) is 9.59 Å². The second-order valence-corrected chi connectivity index (χ2v) is 11.8. The van der Waals surface area contributed by atoms with E-state index in [1.807, 2.05) is 32.0 Å². The zero-order valence-electron chi connectivity index (χ0n) is 25.6. The number of rotatable bonds is 19. The van der Waals surface area contributed by atoms with E-state index in [2.05, 4.69) is 19.2 Å². The Morgan fingerprint density at radius 1 is 1.02 bits per heavy atom. The Morgan fingerprint density at radius 2 is 1.68 bits per heavy atom. The van der Waals surface area contributed by atoms with Crippen LogP contribution in [-0.4, -0.2) is 68.2 Å². The summed E-state index contributed by atoms with van der Waals surface area (Å²) < 4.78 is 16.5. The first-order chi connectivity index (χ1) is 18.2. The van der Waals surface area contributed by atoms with Crippen LogP contribution in [0, 0.1) is 29.1 Å². The average Bonchev–Trinajstić information content (AvgIpc) is 2.87. The van der Waals surface area contributed by atoms with Crippen LogP contribution in [0.3, 0.4) is 0 Å². The van der Waals surface area contributed by atoms with Gasteiger partial charge in [0.2, 0.25) is 5.91 Å². The number of amides is 1. The number of carbonyl (C=O) groups excluding carboxylic acids is 1. The molecule has 0 aliphatic carbocycles. The first kappa shape index (κ1) is 37.9. The van der Waals surface area contributed by atoms with Crippen LogP contribution >= 0.6 is 12.4 Å². The molecule has 4 atom stereocenters. The summed E-state index contributed by atoms with van der Waals surface area (Å²) >= 11 is 0. The van der Waals surface area contributed by atoms with Crippen LogP contribution in [0.4, 0.5) is 0 Å². The van der Waals surface area contributed by atoms with Gasteiger partial charge in [-0.25, -0.2) is 0 Å². The van der Waals surface area contributed by atoms with Gasteiger partial charge in [-0.05, 0) is 68.6 Å². The lowest BCUT2D eigenvalue weighted by Crippen LogP contribution is -2.45. The van der Waals surface area contributed by atoms with Gasteiger partial charge in [-0.15, -0.1) is 12.4 Å². The fraction of sp³-hybridized carbons (Fsp3) is 0.733. The third kappa shape index (κ3) is 12.6. The van der Waals surface area contributed by atoms with E-state index in [-0.39, 0.29) is 43.1 Å². The summed E-state index contributed by atoms with van der Waals surface area (Å²) in [5, 5.41) is 23.1. The molecule has 1 aromatic rings. The van der Waals surface area contributed by atoms with E-state index in [1.54, 1.807) is 28.1 Å². The van der Waals surface area contributed by atoms with Crippen molar-refractivity contribution in [3.05, 3.63) is 23.8 Å². The number of aliphatic hydroxyl groups is 1. The molecule has 232 valence electrons. The Morgan fingerprint density at radius 3 is 2.20 bits per heavy atom. The van der Waals surface area contributed by atoms with Crippen molar-refractivity contribution in [1.82, 2.24) is 5.32 Å². The Hall–Kier alpha value is -2.07. The monoisotopic (exact) mass is 588 g/mol. The van der Waals surface area contributed by atoms with Crippen LogP contribution in [0.5, 0.6) is 11.5 Å². The summed E-state index contributed by atoms with van der Waals surface area (Å²) in [6.45, 7) is 12.4. The van der Waals surface area contributed by atoms with Crippen LogP contribution < -0.4 is 20.5 Å². The number of hydrogen-bond acceptors (Lipinski definition) is 7. The van der Waals surface area contributed by atoms with Crippen LogP contribution in [0.2, 0.25) is 0 Å². The number of nitrogens with two attached hydrogens (primary N) is 1. The van der Waals surface area contributed by atoms with Gasteiger partial charge in [-0.2, -0.15) is 0 Å². The van der Waals surface area contributed by atoms with Crippen molar-refractivity contribution in [2.75, 3.05) is 34.0 Å². The fourth-order valence-corrected chi connectivity index (χ4v) is 4.38. The second kappa shape index (κ2) is 18.4. The maximum absolute atomic E-state index is 12.9. The average molecular weight is 589 g/mol. The molecule has 0 saturated heterocycles. The number of benzene rings is 1. The topological polar surface area (TPSA) is 140 Å². The zero-order valence-corrected chi connectivity index (χ0v) is 26.4. The van der Waals surface area contributed by atoms with Crippen molar-refractivity contribution in [3.63, 3.8) is 0 Å². The number of aliphatic hydroxyl groups excluding tert-OH is 1. The Kier molecular flexibility index (Phi) is 17.4. The van der Waals surface area contributed by atoms with Crippen LogP contribution in [0.25, 0.3) is 0 Å². The summed E-state index contributed by atoms with van der Waals surface area (Å²) in [7, 11) is 3.28. The van der Waals surface area contributed by atoms with Gasteiger partial charge in [-0.1, -0.05) is 33.8 Å². The summed E-state index contributed by atoms with van der Waals surface area (Å²) in [4.78, 5) is 24.3. The molecule has 40 heavy (non-hydrogen) atoms. The van der Waals surface area contributed by atoms with Crippen molar-refractivity contribution in [2.45, 2.75) is 79.4 Å². The minimum absolute atomic E-state index is 0. The molecule has 0 fully saturated rings. The standard InChI is InChI=1S/C30H52N2O7.ClH/c1-19(2)22(14-21-10-11-26(38-8)27(15-21)39-13-9-12-37-7)16-24(31)25(33)17-23(20(3)4)28(34)32-18-30(5,6)29(35)36;/h10-11,15,19-20,22-25,33H,9,12-14,16-18,31H2,1-8H3,(H,32,34)(H,35,36);1H/t22-,23-,24-,25-;/m0./s1. The number of methoxy groups -OCH3 is 2. The molecule has 10 heteroatoms. The minimum atomic E-state index is -1.08. The van der Waals surface area contributed by atoms with Gasteiger partial charge >= 0.3 is 5.97 Å². The van der Waals surface area contributed by atoms with E-state index in [0.29, 0.717) is 37.1 Å². The van der Waals surface area contributed by atoms with Crippen molar-refractivity contribution in [1.29, 1.82) is 0 Å². The van der Waals surface area contributed by atoms with Gasteiger partial charge in [0.15, 0.2) is 11.5 Å². The molecule has 1 rings (SSSR count). The lowest BCUT2D eigenvalue weighted by Gasteiger charge is -2.30. The van der Waals surface area contributed by atoms with Gasteiger partial charge < -0.3 is 35.5 Å². The number of nitrogens with one attached hydrogen (secondary N) is 1. The maximum atomic E-state index is 12.9. The summed E-state index contributed by atoms with van der Waals surface area (Å²) in [5.74, 6) is 0.124. The molecule has 0 aliphatic heterocycles. The molecule has 1 amide bonds. The molecule has 5 N–H and O–H groups in total. The highest BCUT2D eigenvalue weighted by Crippen LogP contribution is 2.32. The van der Waals surface area contributed by atoms with Crippen molar-refractivity contribution >= 4 is 24.3 Å². The molecule has 0 aliphatic rings. The molecule has 0 aromatic heterocycles. The molecule has 0 spiro atoms. The van der Waals surface area contributed by atoms with E-state index in [4.69, 9.17) is 19.9 Å². The normalized spacial score (nSPS) is 14.7. The van der Waals surface area contributed by atoms with E-state index in [1.165, 1.54) is 0 Å². The Balaban J connectivity index is 0.0000152. The number of hydrogen-bond donors (Lipinski definition) is 4. The minimum Gasteiger partial charge on any atom is -0.493 e. The highest BCUT2D eigenvalue weighted by atomic mass is 35.5. The smallest absolute Gasteiger partial charge is 0.310 e. The Bertz CT molecular complexity index is 895. The summed E-state index contributed by atoms with van der Waals surface area (Å²) in [6.07, 6.45) is 1.47. The number of carboxylic acid groups (broad SMARTS) is 1. The largest absolute Gasteiger partial charge is 0.493 e. The van der Waals surface area contributed by atoms with Gasteiger partial charge in [0.1, 0.15) is 0 Å². The third-order valence-corrected chi connectivity index (χ3v) is 7.41. The van der Waals surface area contributed by atoms with E-state index in [9.17, 15) is 19.8 Å². The predicted molar refractivity (Wildman–Crippen MR) is 160 cm³/mol. The predicted octanol–water partition coefficient (Wildman–Crippen LogP) is 4.31. The molecule has 0 bridgehead atoms. The van der Waals surface area contributed by atoms with Gasteiger partial charge in [0, 0.05) is 38.6 Å². The summed E-state index contributed by atoms with van der Waals surface area (Å²) in [6, 6.07) is 5.42. The van der Waals surface area contributed by atoms with Crippen LogP contribution in [0.15, 0.2) is 18.2 Å². The lowest BCUT2D eigenvalue weighted by atomic mass is 9.80. The number of ether oxygens (including phenoxy) is 3. The Labute approximate surface area is 246 Å². The quantitative estimate of drug-likeness (QED) is 0.175. The zero-order chi connectivity index (χ0) is 29.8. The molecule has 9 nitrogen and oxygen atoms in total. The molecular weight excluding hydrogens is 536 g/mol. The maximum Gasteiger partial charge on any atom is 0.310 e.